The van der Waals surface area contributed by atoms with Crippen LogP contribution in [0.2, 0.25) is 0 Å². The van der Waals surface area contributed by atoms with Crippen LogP contribution in [0.1, 0.15) is 49.9 Å². The number of unbranched alkanes of at least 4 members (excludes halogenated alkanes) is 1. The Morgan fingerprint density at radius 2 is 2.10 bits per heavy atom. The van der Waals surface area contributed by atoms with Crippen molar-refractivity contribution in [2.75, 3.05) is 5.75 Å². The van der Waals surface area contributed by atoms with Gasteiger partial charge in [0.15, 0.2) is 0 Å². The highest BCUT2D eigenvalue weighted by Crippen LogP contribution is 2.19. The summed E-state index contributed by atoms with van der Waals surface area (Å²) >= 11 is 0. The molecule has 0 saturated carbocycles. The zero-order chi connectivity index (χ0) is 15.1. The van der Waals surface area contributed by atoms with Crippen LogP contribution < -0.4 is 0 Å². The lowest BCUT2D eigenvalue weighted by molar-refractivity contribution is 0.0691. The minimum atomic E-state index is -1.33. The van der Waals surface area contributed by atoms with Gasteiger partial charge in [0.25, 0.3) is 0 Å². The van der Waals surface area contributed by atoms with Crippen molar-refractivity contribution in [3.05, 3.63) is 29.6 Å². The molecule has 112 valence electrons. The van der Waals surface area contributed by atoms with Crippen molar-refractivity contribution in [3.8, 4) is 0 Å². The molecule has 0 bridgehead atoms. The van der Waals surface area contributed by atoms with Gasteiger partial charge in [0, 0.05) is 10.6 Å². The van der Waals surface area contributed by atoms with Gasteiger partial charge in [-0.1, -0.05) is 33.1 Å². The molecule has 1 rings (SSSR count). The Kier molecular flexibility index (Phi) is 6.85. The highest BCUT2D eigenvalue weighted by Gasteiger charge is 2.16. The number of aromatic carboxylic acids is 1. The first-order chi connectivity index (χ1) is 9.49. The molecule has 0 spiro atoms. The zero-order valence-electron chi connectivity index (χ0n) is 11.9. The molecule has 2 unspecified atom stereocenters. The second-order valence-electron chi connectivity index (χ2n) is 4.88. The van der Waals surface area contributed by atoms with Gasteiger partial charge in [-0.15, -0.1) is 0 Å². The van der Waals surface area contributed by atoms with Crippen molar-refractivity contribution in [2.45, 2.75) is 44.4 Å². The molecule has 1 aromatic carbocycles. The third-order valence-corrected chi connectivity index (χ3v) is 4.92. The van der Waals surface area contributed by atoms with Crippen LogP contribution in [-0.2, 0) is 10.8 Å². The van der Waals surface area contributed by atoms with Crippen molar-refractivity contribution in [2.24, 2.45) is 5.92 Å². The molecular formula is C15H21FO3S. The summed E-state index contributed by atoms with van der Waals surface area (Å²) in [5, 5.41) is 8.88. The molecule has 20 heavy (non-hydrogen) atoms. The van der Waals surface area contributed by atoms with Gasteiger partial charge in [-0.05, 0) is 30.5 Å². The van der Waals surface area contributed by atoms with E-state index in [1.807, 2.05) is 0 Å². The summed E-state index contributed by atoms with van der Waals surface area (Å²) in [6.07, 6.45) is 4.16. The Hall–Kier alpha value is -1.23. The van der Waals surface area contributed by atoms with E-state index < -0.39 is 28.1 Å². The molecule has 1 aromatic rings. The van der Waals surface area contributed by atoms with Crippen LogP contribution in [0.4, 0.5) is 4.39 Å². The number of hydrogen-bond donors (Lipinski definition) is 1. The second-order valence-corrected chi connectivity index (χ2v) is 6.37. The fourth-order valence-electron chi connectivity index (χ4n) is 2.02. The minimum Gasteiger partial charge on any atom is -0.478 e. The fourth-order valence-corrected chi connectivity index (χ4v) is 3.51. The first-order valence-electron chi connectivity index (χ1n) is 6.90. The summed E-state index contributed by atoms with van der Waals surface area (Å²) in [7, 11) is -1.28. The number of carboxylic acid groups (broad SMARTS) is 1. The van der Waals surface area contributed by atoms with Crippen molar-refractivity contribution < 1.29 is 18.5 Å². The van der Waals surface area contributed by atoms with Crippen LogP contribution in [-0.4, -0.2) is 21.0 Å². The van der Waals surface area contributed by atoms with E-state index in [0.29, 0.717) is 16.6 Å². The lowest BCUT2D eigenvalue weighted by Crippen LogP contribution is -2.12. The maximum Gasteiger partial charge on any atom is 0.338 e. The van der Waals surface area contributed by atoms with Crippen LogP contribution >= 0.6 is 0 Å². The van der Waals surface area contributed by atoms with E-state index in [4.69, 9.17) is 5.11 Å². The van der Waals surface area contributed by atoms with E-state index in [-0.39, 0.29) is 0 Å². The molecule has 0 heterocycles. The number of rotatable bonds is 8. The van der Waals surface area contributed by atoms with E-state index >= 15 is 0 Å². The monoisotopic (exact) mass is 300 g/mol. The van der Waals surface area contributed by atoms with Crippen molar-refractivity contribution in [3.63, 3.8) is 0 Å². The molecule has 0 aliphatic carbocycles. The van der Waals surface area contributed by atoms with Crippen LogP contribution in [0.3, 0.4) is 0 Å². The van der Waals surface area contributed by atoms with Crippen LogP contribution in [0.5, 0.6) is 0 Å². The molecule has 1 N–H and O–H groups in total. The maximum atomic E-state index is 13.3. The van der Waals surface area contributed by atoms with E-state index in [1.54, 1.807) is 0 Å². The Balaban J connectivity index is 2.81. The van der Waals surface area contributed by atoms with E-state index in [0.717, 1.165) is 31.7 Å². The zero-order valence-corrected chi connectivity index (χ0v) is 12.7. The third-order valence-electron chi connectivity index (χ3n) is 3.36. The Morgan fingerprint density at radius 1 is 1.40 bits per heavy atom. The van der Waals surface area contributed by atoms with E-state index in [1.165, 1.54) is 12.1 Å². The molecule has 0 aromatic heterocycles. The number of carbonyl (C=O) groups is 1. The average Bonchev–Trinajstić information content (AvgIpc) is 2.43. The summed E-state index contributed by atoms with van der Waals surface area (Å²) < 4.78 is 25.6. The van der Waals surface area contributed by atoms with Gasteiger partial charge in [0.1, 0.15) is 5.82 Å². The molecule has 0 saturated heterocycles. The summed E-state index contributed by atoms with van der Waals surface area (Å²) in [6.45, 7) is 4.17. The second kappa shape index (κ2) is 8.15. The molecule has 0 amide bonds. The van der Waals surface area contributed by atoms with Crippen molar-refractivity contribution in [1.82, 2.24) is 0 Å². The Morgan fingerprint density at radius 3 is 2.65 bits per heavy atom. The largest absolute Gasteiger partial charge is 0.478 e. The molecule has 0 radical (unpaired) electrons. The molecule has 3 nitrogen and oxygen atoms in total. The van der Waals surface area contributed by atoms with Gasteiger partial charge in [-0.3, -0.25) is 4.21 Å². The topological polar surface area (TPSA) is 54.4 Å². The van der Waals surface area contributed by atoms with Gasteiger partial charge < -0.3 is 5.11 Å². The highest BCUT2D eigenvalue weighted by atomic mass is 32.2. The smallest absolute Gasteiger partial charge is 0.338 e. The molecule has 2 atom stereocenters. The van der Waals surface area contributed by atoms with Crippen molar-refractivity contribution >= 4 is 16.8 Å². The Labute approximate surface area is 121 Å². The SMILES string of the molecule is CCCCC(CC)CS(=O)c1ccc(F)c(C(=O)O)c1. The first kappa shape index (κ1) is 16.8. The number of halogens is 1. The maximum absolute atomic E-state index is 13.3. The molecule has 0 fully saturated rings. The van der Waals surface area contributed by atoms with Gasteiger partial charge in [-0.25, -0.2) is 9.18 Å². The highest BCUT2D eigenvalue weighted by molar-refractivity contribution is 7.85. The summed E-state index contributed by atoms with van der Waals surface area (Å²) in [6, 6.07) is 3.66. The predicted molar refractivity (Wildman–Crippen MR) is 77.9 cm³/mol. The Bertz CT molecular complexity index is 488. The third kappa shape index (κ3) is 4.71. The summed E-state index contributed by atoms with van der Waals surface area (Å²) in [4.78, 5) is 11.3. The minimum absolute atomic E-state index is 0.356. The summed E-state index contributed by atoms with van der Waals surface area (Å²) in [5.41, 5.74) is -0.419. The molecule has 5 heteroatoms. The van der Waals surface area contributed by atoms with Gasteiger partial charge in [0.05, 0.1) is 16.4 Å². The first-order valence-corrected chi connectivity index (χ1v) is 8.22. The molecular weight excluding hydrogens is 279 g/mol. The number of hydrogen-bond acceptors (Lipinski definition) is 2. The normalized spacial score (nSPS) is 13.9. The summed E-state index contributed by atoms with van der Waals surface area (Å²) in [5.74, 6) is -1.27. The van der Waals surface area contributed by atoms with Crippen LogP contribution in [0, 0.1) is 11.7 Å². The molecule has 0 aliphatic heterocycles. The van der Waals surface area contributed by atoms with Crippen LogP contribution in [0.25, 0.3) is 0 Å². The van der Waals surface area contributed by atoms with Gasteiger partial charge in [0.2, 0.25) is 0 Å². The standard InChI is InChI=1S/C15H21FO3S/c1-3-5-6-11(4-2)10-20(19)12-7-8-14(16)13(9-12)15(17)18/h7-9,11H,3-6,10H2,1-2H3,(H,17,18). The number of carboxylic acids is 1. The molecule has 0 aliphatic rings. The predicted octanol–water partition coefficient (Wildman–Crippen LogP) is 3.85. The van der Waals surface area contributed by atoms with Crippen molar-refractivity contribution in [1.29, 1.82) is 0 Å². The average molecular weight is 300 g/mol. The van der Waals surface area contributed by atoms with E-state index in [2.05, 4.69) is 13.8 Å². The lowest BCUT2D eigenvalue weighted by Gasteiger charge is -2.14. The van der Waals surface area contributed by atoms with Crippen LogP contribution in [0.15, 0.2) is 23.1 Å². The lowest BCUT2D eigenvalue weighted by atomic mass is 10.0. The van der Waals surface area contributed by atoms with Gasteiger partial charge >= 0.3 is 5.97 Å². The quantitative estimate of drug-likeness (QED) is 0.793. The van der Waals surface area contributed by atoms with Gasteiger partial charge in [-0.2, -0.15) is 0 Å². The van der Waals surface area contributed by atoms with E-state index in [9.17, 15) is 13.4 Å². The fraction of sp³-hybridized carbons (Fsp3) is 0.533. The number of benzene rings is 1.